The third-order valence-electron chi connectivity index (χ3n) is 2.30. The van der Waals surface area contributed by atoms with Crippen molar-refractivity contribution in [3.63, 3.8) is 0 Å². The van der Waals surface area contributed by atoms with Gasteiger partial charge in [-0.1, -0.05) is 11.6 Å². The second-order valence-corrected chi connectivity index (χ2v) is 5.00. The van der Waals surface area contributed by atoms with Gasteiger partial charge < -0.3 is 5.32 Å². The summed E-state index contributed by atoms with van der Waals surface area (Å²) in [6, 6.07) is 7.41. The molecular weight excluding hydrogens is 340 g/mol. The number of nitrogens with one attached hydrogen (secondary N) is 1. The van der Waals surface area contributed by atoms with E-state index in [1.807, 2.05) is 0 Å². The lowest BCUT2D eigenvalue weighted by Gasteiger charge is -2.06. The van der Waals surface area contributed by atoms with Crippen LogP contribution in [0.3, 0.4) is 0 Å². The van der Waals surface area contributed by atoms with Crippen molar-refractivity contribution in [2.45, 2.75) is 0 Å². The van der Waals surface area contributed by atoms with Crippen LogP contribution in [0.5, 0.6) is 0 Å². The molecule has 0 spiro atoms. The summed E-state index contributed by atoms with van der Waals surface area (Å²) in [5.41, 5.74) is 0.333. The highest BCUT2D eigenvalue weighted by atomic mass is 79.9. The predicted molar refractivity (Wildman–Crippen MR) is 73.5 cm³/mol. The van der Waals surface area contributed by atoms with E-state index < -0.39 is 17.5 Å². The third kappa shape index (κ3) is 3.52. The van der Waals surface area contributed by atoms with Crippen LogP contribution in [0.4, 0.5) is 14.5 Å². The normalized spacial score (nSPS) is 10.3. The molecule has 98 valence electrons. The first-order valence-corrected chi connectivity index (χ1v) is 6.35. The van der Waals surface area contributed by atoms with Crippen LogP contribution in [0.15, 0.2) is 40.9 Å². The summed E-state index contributed by atoms with van der Waals surface area (Å²) in [6.45, 7) is 0. The molecule has 19 heavy (non-hydrogen) atoms. The maximum absolute atomic E-state index is 13.0. The molecule has 0 bridgehead atoms. The van der Waals surface area contributed by atoms with E-state index in [9.17, 15) is 13.6 Å². The lowest BCUT2D eigenvalue weighted by molar-refractivity contribution is 0.102. The number of hydrogen-bond donors (Lipinski definition) is 1. The molecule has 0 saturated carbocycles. The Morgan fingerprint density at radius 1 is 1.11 bits per heavy atom. The number of amides is 1. The second kappa shape index (κ2) is 5.67. The fourth-order valence-corrected chi connectivity index (χ4v) is 1.89. The highest BCUT2D eigenvalue weighted by Gasteiger charge is 2.10. The first-order valence-electron chi connectivity index (χ1n) is 5.18. The van der Waals surface area contributed by atoms with Crippen LogP contribution in [-0.4, -0.2) is 5.91 Å². The minimum Gasteiger partial charge on any atom is -0.322 e. The van der Waals surface area contributed by atoms with Gasteiger partial charge in [-0.15, -0.1) is 0 Å². The number of carbonyl (C=O) groups excluding carboxylic acids is 1. The molecule has 0 radical (unpaired) electrons. The van der Waals surface area contributed by atoms with Crippen LogP contribution in [0, 0.1) is 11.6 Å². The van der Waals surface area contributed by atoms with Crippen molar-refractivity contribution in [1.82, 2.24) is 0 Å². The smallest absolute Gasteiger partial charge is 0.255 e. The van der Waals surface area contributed by atoms with E-state index >= 15 is 0 Å². The Morgan fingerprint density at radius 3 is 2.32 bits per heavy atom. The number of halogens is 4. The van der Waals surface area contributed by atoms with E-state index in [4.69, 9.17) is 11.6 Å². The quantitative estimate of drug-likeness (QED) is 0.844. The summed E-state index contributed by atoms with van der Waals surface area (Å²) in [6.07, 6.45) is 0. The molecule has 2 aromatic carbocycles. The molecule has 2 nitrogen and oxygen atoms in total. The Labute approximate surface area is 121 Å². The summed E-state index contributed by atoms with van der Waals surface area (Å²) in [4.78, 5) is 11.8. The summed E-state index contributed by atoms with van der Waals surface area (Å²) in [7, 11) is 0. The first-order chi connectivity index (χ1) is 8.95. The maximum atomic E-state index is 13.0. The van der Waals surface area contributed by atoms with Gasteiger partial charge in [-0.2, -0.15) is 0 Å². The van der Waals surface area contributed by atoms with Gasteiger partial charge in [0.25, 0.3) is 5.91 Å². The highest BCUT2D eigenvalue weighted by molar-refractivity contribution is 9.10. The monoisotopic (exact) mass is 345 g/mol. The molecule has 0 unspecified atom stereocenters. The van der Waals surface area contributed by atoms with Gasteiger partial charge in [-0.05, 0) is 46.3 Å². The van der Waals surface area contributed by atoms with E-state index in [2.05, 4.69) is 21.2 Å². The molecular formula is C13H7BrClF2NO. The Balaban J connectivity index is 2.22. The minimum atomic E-state index is -0.806. The standard InChI is InChI=1S/C13H7BrClF2NO/c14-11-2-1-10(6-12(11)15)18-13(19)7-3-8(16)5-9(17)4-7/h1-6H,(H,18,19). The number of hydrogen-bond acceptors (Lipinski definition) is 1. The van der Waals surface area contributed by atoms with Crippen LogP contribution in [0.1, 0.15) is 10.4 Å². The molecule has 1 amide bonds. The van der Waals surface area contributed by atoms with E-state index in [-0.39, 0.29) is 5.56 Å². The lowest BCUT2D eigenvalue weighted by atomic mass is 10.2. The van der Waals surface area contributed by atoms with Crippen molar-refractivity contribution in [3.8, 4) is 0 Å². The Hall–Kier alpha value is -1.46. The van der Waals surface area contributed by atoms with Crippen LogP contribution in [0.25, 0.3) is 0 Å². The van der Waals surface area contributed by atoms with Crippen LogP contribution in [-0.2, 0) is 0 Å². The molecule has 0 fully saturated rings. The molecule has 1 N–H and O–H groups in total. The fraction of sp³-hybridized carbons (Fsp3) is 0. The van der Waals surface area contributed by atoms with Gasteiger partial charge in [0, 0.05) is 21.8 Å². The van der Waals surface area contributed by atoms with Gasteiger partial charge in [0.1, 0.15) is 11.6 Å². The second-order valence-electron chi connectivity index (χ2n) is 3.74. The predicted octanol–water partition coefficient (Wildman–Crippen LogP) is 4.63. The van der Waals surface area contributed by atoms with E-state index in [1.165, 1.54) is 6.07 Å². The zero-order valence-corrected chi connectivity index (χ0v) is 11.7. The van der Waals surface area contributed by atoms with E-state index in [1.54, 1.807) is 12.1 Å². The first kappa shape index (κ1) is 14.0. The maximum Gasteiger partial charge on any atom is 0.255 e. The molecule has 0 aliphatic carbocycles. The molecule has 0 aliphatic heterocycles. The number of carbonyl (C=O) groups is 1. The Bertz CT molecular complexity index is 628. The summed E-state index contributed by atoms with van der Waals surface area (Å²) in [5, 5.41) is 2.92. The lowest BCUT2D eigenvalue weighted by Crippen LogP contribution is -2.12. The van der Waals surface area contributed by atoms with Gasteiger partial charge in [0.15, 0.2) is 0 Å². The zero-order chi connectivity index (χ0) is 14.0. The Morgan fingerprint density at radius 2 is 1.74 bits per heavy atom. The average Bonchev–Trinajstić information content (AvgIpc) is 2.32. The van der Waals surface area contributed by atoms with Crippen molar-refractivity contribution in [2.75, 3.05) is 5.32 Å². The van der Waals surface area contributed by atoms with Gasteiger partial charge in [-0.25, -0.2) is 8.78 Å². The van der Waals surface area contributed by atoms with Crippen molar-refractivity contribution >= 4 is 39.1 Å². The molecule has 6 heteroatoms. The topological polar surface area (TPSA) is 29.1 Å². The van der Waals surface area contributed by atoms with E-state index in [0.29, 0.717) is 21.2 Å². The van der Waals surface area contributed by atoms with Gasteiger partial charge in [0.2, 0.25) is 0 Å². The number of rotatable bonds is 2. The van der Waals surface area contributed by atoms with Crippen molar-refractivity contribution in [1.29, 1.82) is 0 Å². The van der Waals surface area contributed by atoms with E-state index in [0.717, 1.165) is 12.1 Å². The zero-order valence-electron chi connectivity index (χ0n) is 9.38. The number of anilines is 1. The fourth-order valence-electron chi connectivity index (χ4n) is 1.46. The van der Waals surface area contributed by atoms with Crippen LogP contribution in [0.2, 0.25) is 5.02 Å². The average molecular weight is 347 g/mol. The largest absolute Gasteiger partial charge is 0.322 e. The highest BCUT2D eigenvalue weighted by Crippen LogP contribution is 2.25. The van der Waals surface area contributed by atoms with Gasteiger partial charge in [0.05, 0.1) is 5.02 Å². The summed E-state index contributed by atoms with van der Waals surface area (Å²) < 4.78 is 26.7. The number of benzene rings is 2. The van der Waals surface area contributed by atoms with Gasteiger partial charge in [-0.3, -0.25) is 4.79 Å². The van der Waals surface area contributed by atoms with Crippen LogP contribution >= 0.6 is 27.5 Å². The molecule has 0 aliphatic rings. The minimum absolute atomic E-state index is 0.100. The van der Waals surface area contributed by atoms with Crippen molar-refractivity contribution in [2.24, 2.45) is 0 Å². The van der Waals surface area contributed by atoms with Crippen LogP contribution < -0.4 is 5.32 Å². The molecule has 0 atom stereocenters. The van der Waals surface area contributed by atoms with Gasteiger partial charge >= 0.3 is 0 Å². The van der Waals surface area contributed by atoms with Crippen molar-refractivity contribution in [3.05, 3.63) is 63.1 Å². The van der Waals surface area contributed by atoms with Crippen molar-refractivity contribution < 1.29 is 13.6 Å². The third-order valence-corrected chi connectivity index (χ3v) is 3.53. The summed E-state index contributed by atoms with van der Waals surface area (Å²) in [5.74, 6) is -2.23. The molecule has 0 saturated heterocycles. The molecule has 2 aromatic rings. The molecule has 0 heterocycles. The molecule has 0 aromatic heterocycles. The Kier molecular flexibility index (Phi) is 4.17. The summed E-state index contributed by atoms with van der Waals surface area (Å²) >= 11 is 9.09. The SMILES string of the molecule is O=C(Nc1ccc(Br)c(Cl)c1)c1cc(F)cc(F)c1. The molecule has 2 rings (SSSR count).